The fourth-order valence-electron chi connectivity index (χ4n) is 2.35. The predicted molar refractivity (Wildman–Crippen MR) is 106 cm³/mol. The molecule has 6 nitrogen and oxygen atoms in total. The number of aromatic nitrogens is 3. The normalized spacial score (nSPS) is 10.6. The summed E-state index contributed by atoms with van der Waals surface area (Å²) in [5.41, 5.74) is 1.24. The van der Waals surface area contributed by atoms with Crippen LogP contribution in [0.1, 0.15) is 23.0 Å². The first-order chi connectivity index (χ1) is 13.1. The third-order valence-electron chi connectivity index (χ3n) is 3.68. The molecule has 140 valence electrons. The number of carbonyl (C=O) groups excluding carboxylic acids is 1. The Kier molecular flexibility index (Phi) is 6.52. The highest BCUT2D eigenvalue weighted by atomic mass is 79.9. The summed E-state index contributed by atoms with van der Waals surface area (Å²) in [6.07, 6.45) is 0. The predicted octanol–water partition coefficient (Wildman–Crippen LogP) is 4.43. The summed E-state index contributed by atoms with van der Waals surface area (Å²) in [6, 6.07) is 15.5. The number of methoxy groups -OCH3 is 1. The lowest BCUT2D eigenvalue weighted by molar-refractivity contribution is 0.0515. The van der Waals surface area contributed by atoms with Gasteiger partial charge >= 0.3 is 5.97 Å². The number of hydrogen-bond donors (Lipinski definition) is 0. The molecule has 1 aromatic heterocycles. The quantitative estimate of drug-likeness (QED) is 0.499. The monoisotopic (exact) mass is 447 g/mol. The number of ether oxygens (including phenoxy) is 2. The molecule has 0 spiro atoms. The van der Waals surface area contributed by atoms with Crippen molar-refractivity contribution >= 4 is 33.7 Å². The lowest BCUT2D eigenvalue weighted by atomic mass is 10.2. The molecule has 2 aromatic carbocycles. The Morgan fingerprint density at radius 3 is 2.48 bits per heavy atom. The molecule has 27 heavy (non-hydrogen) atoms. The van der Waals surface area contributed by atoms with Crippen molar-refractivity contribution in [3.8, 4) is 5.75 Å². The van der Waals surface area contributed by atoms with Crippen molar-refractivity contribution in [3.05, 3.63) is 64.3 Å². The molecule has 0 bridgehead atoms. The first-order valence-electron chi connectivity index (χ1n) is 8.27. The fourth-order valence-corrected chi connectivity index (χ4v) is 3.54. The van der Waals surface area contributed by atoms with Crippen LogP contribution in [0, 0.1) is 0 Å². The van der Waals surface area contributed by atoms with Crippen molar-refractivity contribution in [2.75, 3.05) is 13.7 Å². The van der Waals surface area contributed by atoms with Gasteiger partial charge in [0.1, 0.15) is 10.8 Å². The first kappa shape index (κ1) is 19.4. The number of hydrogen-bond acceptors (Lipinski definition) is 6. The topological polar surface area (TPSA) is 66.2 Å². The molecule has 8 heteroatoms. The van der Waals surface area contributed by atoms with Crippen LogP contribution in [0.2, 0.25) is 0 Å². The average Bonchev–Trinajstić information content (AvgIpc) is 3.07. The maximum Gasteiger partial charge on any atom is 0.361 e. The van der Waals surface area contributed by atoms with Crippen molar-refractivity contribution in [1.29, 1.82) is 0 Å². The number of esters is 1. The van der Waals surface area contributed by atoms with Crippen LogP contribution < -0.4 is 4.74 Å². The fraction of sp³-hybridized carbons (Fsp3) is 0.211. The van der Waals surface area contributed by atoms with E-state index in [1.165, 1.54) is 11.8 Å². The highest BCUT2D eigenvalue weighted by Crippen LogP contribution is 2.31. The molecule has 0 unspecified atom stereocenters. The summed E-state index contributed by atoms with van der Waals surface area (Å²) in [5, 5.41) is 8.88. The van der Waals surface area contributed by atoms with Gasteiger partial charge in [-0.2, -0.15) is 0 Å². The van der Waals surface area contributed by atoms with Gasteiger partial charge in [-0.05, 0) is 48.9 Å². The van der Waals surface area contributed by atoms with E-state index in [1.807, 2.05) is 48.5 Å². The van der Waals surface area contributed by atoms with Gasteiger partial charge in [0, 0.05) is 9.37 Å². The highest BCUT2D eigenvalue weighted by Gasteiger charge is 2.22. The van der Waals surface area contributed by atoms with Gasteiger partial charge in [-0.15, -0.1) is 5.10 Å². The van der Waals surface area contributed by atoms with Gasteiger partial charge in [-0.25, -0.2) is 9.48 Å². The number of benzene rings is 2. The van der Waals surface area contributed by atoms with Crippen molar-refractivity contribution in [3.63, 3.8) is 0 Å². The van der Waals surface area contributed by atoms with Crippen LogP contribution in [-0.4, -0.2) is 34.7 Å². The first-order valence-corrected chi connectivity index (χ1v) is 9.88. The summed E-state index contributed by atoms with van der Waals surface area (Å²) in [4.78, 5) is 13.3. The molecule has 0 amide bonds. The highest BCUT2D eigenvalue weighted by molar-refractivity contribution is 9.10. The molecular weight excluding hydrogens is 430 g/mol. The third kappa shape index (κ3) is 4.90. The zero-order chi connectivity index (χ0) is 19.2. The zero-order valence-corrected chi connectivity index (χ0v) is 17.3. The van der Waals surface area contributed by atoms with Gasteiger partial charge in [0.25, 0.3) is 0 Å². The lowest BCUT2D eigenvalue weighted by Gasteiger charge is -2.09. The van der Waals surface area contributed by atoms with Crippen LogP contribution in [0.3, 0.4) is 0 Å². The van der Waals surface area contributed by atoms with Gasteiger partial charge in [-0.3, -0.25) is 0 Å². The molecular formula is C19H18BrN3O3S. The Morgan fingerprint density at radius 2 is 1.85 bits per heavy atom. The van der Waals surface area contributed by atoms with E-state index < -0.39 is 5.97 Å². The standard InChI is InChI=1S/C19H18BrN3O3S/c1-3-26-19(24)17-18(27-16-10-6-14(20)7-11-16)23(22-21-17)12-13-4-8-15(25-2)9-5-13/h4-11H,3,12H2,1-2H3. The van der Waals surface area contributed by atoms with Crippen LogP contribution in [0.5, 0.6) is 5.75 Å². The number of halogens is 1. The molecule has 3 aromatic rings. The Labute approximate surface area is 170 Å². The van der Waals surface area contributed by atoms with Gasteiger partial charge < -0.3 is 9.47 Å². The van der Waals surface area contributed by atoms with E-state index in [0.717, 1.165) is 20.7 Å². The minimum Gasteiger partial charge on any atom is -0.497 e. The van der Waals surface area contributed by atoms with Gasteiger partial charge in [0.05, 0.1) is 20.3 Å². The third-order valence-corrected chi connectivity index (χ3v) is 5.31. The zero-order valence-electron chi connectivity index (χ0n) is 14.9. The van der Waals surface area contributed by atoms with E-state index >= 15 is 0 Å². The van der Waals surface area contributed by atoms with Crippen LogP contribution in [-0.2, 0) is 11.3 Å². The molecule has 0 saturated carbocycles. The van der Waals surface area contributed by atoms with E-state index in [4.69, 9.17) is 9.47 Å². The second kappa shape index (κ2) is 9.05. The van der Waals surface area contributed by atoms with Gasteiger partial charge in [-0.1, -0.05) is 45.0 Å². The Hall–Kier alpha value is -2.32. The smallest absolute Gasteiger partial charge is 0.361 e. The minimum atomic E-state index is -0.474. The molecule has 0 aliphatic carbocycles. The average molecular weight is 448 g/mol. The van der Waals surface area contributed by atoms with Gasteiger partial charge in [0.15, 0.2) is 0 Å². The molecule has 0 saturated heterocycles. The molecule has 0 N–H and O–H groups in total. The van der Waals surface area contributed by atoms with E-state index in [0.29, 0.717) is 11.6 Å². The maximum atomic E-state index is 12.3. The minimum absolute atomic E-state index is 0.221. The summed E-state index contributed by atoms with van der Waals surface area (Å²) in [7, 11) is 1.63. The van der Waals surface area contributed by atoms with Gasteiger partial charge in [0.2, 0.25) is 5.69 Å². The Morgan fingerprint density at radius 1 is 1.15 bits per heavy atom. The molecule has 0 atom stereocenters. The van der Waals surface area contributed by atoms with Crippen molar-refractivity contribution in [2.45, 2.75) is 23.4 Å². The van der Waals surface area contributed by atoms with E-state index in [2.05, 4.69) is 26.2 Å². The van der Waals surface area contributed by atoms with Crippen LogP contribution in [0.4, 0.5) is 0 Å². The summed E-state index contributed by atoms with van der Waals surface area (Å²) in [6.45, 7) is 2.53. The van der Waals surface area contributed by atoms with Crippen molar-refractivity contribution in [2.24, 2.45) is 0 Å². The molecule has 0 fully saturated rings. The molecule has 0 aliphatic heterocycles. The van der Waals surface area contributed by atoms with E-state index in [-0.39, 0.29) is 12.3 Å². The second-order valence-corrected chi connectivity index (χ2v) is 7.50. The van der Waals surface area contributed by atoms with Crippen LogP contribution in [0.25, 0.3) is 0 Å². The maximum absolute atomic E-state index is 12.3. The largest absolute Gasteiger partial charge is 0.497 e. The lowest BCUT2D eigenvalue weighted by Crippen LogP contribution is -2.08. The molecule has 3 rings (SSSR count). The number of nitrogens with zero attached hydrogens (tertiary/aromatic N) is 3. The molecule has 0 aliphatic rings. The Bertz CT molecular complexity index is 911. The molecule has 1 heterocycles. The van der Waals surface area contributed by atoms with E-state index in [9.17, 15) is 4.79 Å². The Balaban J connectivity index is 1.91. The number of rotatable bonds is 7. The summed E-state index contributed by atoms with van der Waals surface area (Å²) >= 11 is 4.86. The summed E-state index contributed by atoms with van der Waals surface area (Å²) < 4.78 is 13.0. The SMILES string of the molecule is CCOC(=O)c1nnn(Cc2ccc(OC)cc2)c1Sc1ccc(Br)cc1. The van der Waals surface area contributed by atoms with Crippen LogP contribution in [0.15, 0.2) is 62.9 Å². The summed E-state index contributed by atoms with van der Waals surface area (Å²) in [5.74, 6) is 0.312. The number of carbonyl (C=O) groups is 1. The van der Waals surface area contributed by atoms with Crippen molar-refractivity contribution < 1.29 is 14.3 Å². The van der Waals surface area contributed by atoms with Crippen LogP contribution >= 0.6 is 27.7 Å². The molecule has 0 radical (unpaired) electrons. The second-order valence-electron chi connectivity index (χ2n) is 5.53. The van der Waals surface area contributed by atoms with Crippen molar-refractivity contribution in [1.82, 2.24) is 15.0 Å². The van der Waals surface area contributed by atoms with E-state index in [1.54, 1.807) is 18.7 Å².